The van der Waals surface area contributed by atoms with Gasteiger partial charge >= 0.3 is 0 Å². The molecule has 154 valence electrons. The molecule has 1 aromatic carbocycles. The van der Waals surface area contributed by atoms with Crippen LogP contribution in [0.2, 0.25) is 0 Å². The molecule has 1 fully saturated rings. The Balaban J connectivity index is 1.39. The molecule has 29 heavy (non-hydrogen) atoms. The molecular formula is C21H25N3O3S2. The summed E-state index contributed by atoms with van der Waals surface area (Å²) >= 11 is 3.16. The largest absolute Gasteiger partial charge is 0.493 e. The number of hydrogen-bond acceptors (Lipinski definition) is 8. The van der Waals surface area contributed by atoms with Crippen molar-refractivity contribution in [1.82, 2.24) is 15.2 Å². The molecule has 3 aromatic rings. The average molecular weight is 432 g/mol. The van der Waals surface area contributed by atoms with E-state index in [4.69, 9.17) is 18.9 Å². The van der Waals surface area contributed by atoms with Gasteiger partial charge in [0.05, 0.1) is 19.4 Å². The number of benzene rings is 1. The zero-order valence-corrected chi connectivity index (χ0v) is 18.4. The molecule has 1 aliphatic rings. The molecule has 0 radical (unpaired) electrons. The Bertz CT molecular complexity index is 935. The number of hydrogen-bond donors (Lipinski definition) is 0. The Hall–Kier alpha value is -2.06. The van der Waals surface area contributed by atoms with Crippen molar-refractivity contribution in [3.05, 3.63) is 35.2 Å². The van der Waals surface area contributed by atoms with Crippen LogP contribution in [0.25, 0.3) is 10.6 Å². The van der Waals surface area contributed by atoms with Gasteiger partial charge in [0.1, 0.15) is 5.01 Å². The van der Waals surface area contributed by atoms with E-state index >= 15 is 0 Å². The molecular weight excluding hydrogens is 406 g/mol. The van der Waals surface area contributed by atoms with E-state index in [1.807, 2.05) is 25.1 Å². The normalized spacial score (nSPS) is 14.8. The van der Waals surface area contributed by atoms with E-state index in [0.29, 0.717) is 23.5 Å². The van der Waals surface area contributed by atoms with E-state index < -0.39 is 0 Å². The Labute approximate surface area is 179 Å². The lowest BCUT2D eigenvalue weighted by Crippen LogP contribution is -2.04. The summed E-state index contributed by atoms with van der Waals surface area (Å²) in [6, 6.07) is 5.91. The van der Waals surface area contributed by atoms with Crippen LogP contribution in [0.5, 0.6) is 11.5 Å². The lowest BCUT2D eigenvalue weighted by atomic mass is 9.89. The highest BCUT2D eigenvalue weighted by Gasteiger charge is 2.21. The van der Waals surface area contributed by atoms with Gasteiger partial charge in [-0.05, 0) is 38.0 Å². The van der Waals surface area contributed by atoms with Gasteiger partial charge in [-0.1, -0.05) is 31.0 Å². The highest BCUT2D eigenvalue weighted by molar-refractivity contribution is 7.98. The molecule has 0 unspecified atom stereocenters. The molecule has 2 heterocycles. The third-order valence-electron chi connectivity index (χ3n) is 4.98. The Kier molecular flexibility index (Phi) is 6.71. The van der Waals surface area contributed by atoms with Crippen molar-refractivity contribution in [1.29, 1.82) is 0 Å². The molecule has 0 bridgehead atoms. The maximum atomic E-state index is 5.89. The quantitative estimate of drug-likeness (QED) is 0.409. The second-order valence-electron chi connectivity index (χ2n) is 6.97. The molecule has 0 N–H and O–H groups in total. The van der Waals surface area contributed by atoms with Crippen LogP contribution in [0, 0.1) is 0 Å². The summed E-state index contributed by atoms with van der Waals surface area (Å²) in [7, 11) is 1.65. The Morgan fingerprint density at radius 2 is 2.03 bits per heavy atom. The second kappa shape index (κ2) is 9.63. The molecule has 0 spiro atoms. The summed E-state index contributed by atoms with van der Waals surface area (Å²) in [5.74, 6) is 3.41. The maximum absolute atomic E-state index is 5.89. The molecule has 6 nitrogen and oxygen atoms in total. The summed E-state index contributed by atoms with van der Waals surface area (Å²) in [6.07, 6.45) is 6.15. The van der Waals surface area contributed by atoms with Gasteiger partial charge in [-0.2, -0.15) is 0 Å². The molecule has 0 saturated heterocycles. The van der Waals surface area contributed by atoms with Crippen molar-refractivity contribution in [2.24, 2.45) is 0 Å². The number of thioether (sulfide) groups is 1. The van der Waals surface area contributed by atoms with Crippen molar-refractivity contribution in [2.45, 2.75) is 55.9 Å². The van der Waals surface area contributed by atoms with Gasteiger partial charge in [0.25, 0.3) is 5.22 Å². The molecule has 1 saturated carbocycles. The van der Waals surface area contributed by atoms with Crippen molar-refractivity contribution in [2.75, 3.05) is 13.7 Å². The number of thiazole rings is 1. The zero-order chi connectivity index (χ0) is 20.1. The molecule has 0 amide bonds. The minimum Gasteiger partial charge on any atom is -0.493 e. The summed E-state index contributed by atoms with van der Waals surface area (Å²) in [6.45, 7) is 2.56. The number of rotatable bonds is 8. The predicted molar refractivity (Wildman–Crippen MR) is 115 cm³/mol. The lowest BCUT2D eigenvalue weighted by Gasteiger charge is -2.17. The topological polar surface area (TPSA) is 70.3 Å². The van der Waals surface area contributed by atoms with Crippen LogP contribution in [-0.2, 0) is 5.75 Å². The van der Waals surface area contributed by atoms with Crippen LogP contribution in [0.15, 0.2) is 33.2 Å². The monoisotopic (exact) mass is 431 g/mol. The molecule has 2 aromatic heterocycles. The number of methoxy groups -OCH3 is 1. The number of nitrogens with zero attached hydrogens (tertiary/aromatic N) is 3. The van der Waals surface area contributed by atoms with E-state index in [1.54, 1.807) is 30.2 Å². The maximum Gasteiger partial charge on any atom is 0.276 e. The molecule has 0 atom stereocenters. The van der Waals surface area contributed by atoms with Crippen molar-refractivity contribution < 1.29 is 13.9 Å². The lowest BCUT2D eigenvalue weighted by molar-refractivity contribution is 0.311. The third-order valence-corrected chi connectivity index (χ3v) is 6.77. The first-order chi connectivity index (χ1) is 14.3. The van der Waals surface area contributed by atoms with Crippen molar-refractivity contribution in [3.63, 3.8) is 0 Å². The highest BCUT2D eigenvalue weighted by Crippen LogP contribution is 2.36. The minimum atomic E-state index is 0.436. The van der Waals surface area contributed by atoms with Crippen molar-refractivity contribution >= 4 is 23.1 Å². The van der Waals surface area contributed by atoms with E-state index in [0.717, 1.165) is 46.5 Å². The van der Waals surface area contributed by atoms with Crippen LogP contribution < -0.4 is 9.47 Å². The molecule has 4 rings (SSSR count). The van der Waals surface area contributed by atoms with E-state index in [-0.39, 0.29) is 0 Å². The van der Waals surface area contributed by atoms with Crippen LogP contribution in [0.3, 0.4) is 0 Å². The van der Waals surface area contributed by atoms with Crippen LogP contribution >= 0.6 is 23.1 Å². The van der Waals surface area contributed by atoms with Crippen molar-refractivity contribution in [3.8, 4) is 22.1 Å². The molecule has 1 aliphatic carbocycles. The highest BCUT2D eigenvalue weighted by atomic mass is 32.2. The van der Waals surface area contributed by atoms with Gasteiger partial charge in [0, 0.05) is 22.6 Å². The Morgan fingerprint density at radius 3 is 2.83 bits per heavy atom. The summed E-state index contributed by atoms with van der Waals surface area (Å²) in [5.41, 5.74) is 2.02. The van der Waals surface area contributed by atoms with Gasteiger partial charge in [0.2, 0.25) is 5.89 Å². The van der Waals surface area contributed by atoms with Gasteiger partial charge < -0.3 is 13.9 Å². The standard InChI is InChI=1S/C21H25N3O3S2/c1-3-26-17-10-9-15(11-18(17)25-2)20-22-16(12-28-20)13-29-21-24-23-19(27-21)14-7-5-4-6-8-14/h9-12,14H,3-8,13H2,1-2H3. The van der Waals surface area contributed by atoms with Gasteiger partial charge in [-0.15, -0.1) is 21.5 Å². The van der Waals surface area contributed by atoms with Gasteiger partial charge in [-0.3, -0.25) is 0 Å². The van der Waals surface area contributed by atoms with Crippen LogP contribution in [0.4, 0.5) is 0 Å². The van der Waals surface area contributed by atoms with Crippen LogP contribution in [-0.4, -0.2) is 28.9 Å². The van der Waals surface area contributed by atoms with E-state index in [9.17, 15) is 0 Å². The minimum absolute atomic E-state index is 0.436. The molecule has 0 aliphatic heterocycles. The first-order valence-electron chi connectivity index (χ1n) is 9.98. The number of aromatic nitrogens is 3. The van der Waals surface area contributed by atoms with Crippen LogP contribution in [0.1, 0.15) is 56.5 Å². The third kappa shape index (κ3) is 4.93. The second-order valence-corrected chi connectivity index (χ2v) is 8.76. The number of ether oxygens (including phenoxy) is 2. The fourth-order valence-corrected chi connectivity index (χ4v) is 5.09. The fraction of sp³-hybridized carbons (Fsp3) is 0.476. The van der Waals surface area contributed by atoms with Gasteiger partial charge in [-0.25, -0.2) is 4.98 Å². The SMILES string of the molecule is CCOc1ccc(-c2nc(CSc3nnc(C4CCCCC4)o3)cs2)cc1OC. The molecule has 8 heteroatoms. The smallest absolute Gasteiger partial charge is 0.276 e. The fourth-order valence-electron chi connectivity index (χ4n) is 3.51. The van der Waals surface area contributed by atoms with E-state index in [2.05, 4.69) is 15.6 Å². The average Bonchev–Trinajstić information content (AvgIpc) is 3.43. The predicted octanol–water partition coefficient (Wildman–Crippen LogP) is 5.94. The zero-order valence-electron chi connectivity index (χ0n) is 16.7. The first-order valence-corrected chi connectivity index (χ1v) is 11.8. The van der Waals surface area contributed by atoms with E-state index in [1.165, 1.54) is 19.3 Å². The summed E-state index contributed by atoms with van der Waals surface area (Å²) in [5, 5.41) is 12.1. The summed E-state index contributed by atoms with van der Waals surface area (Å²) in [4.78, 5) is 4.75. The summed E-state index contributed by atoms with van der Waals surface area (Å²) < 4.78 is 16.9. The van der Waals surface area contributed by atoms with Gasteiger partial charge in [0.15, 0.2) is 11.5 Å². The first kappa shape index (κ1) is 20.2. The Morgan fingerprint density at radius 1 is 1.17 bits per heavy atom.